The van der Waals surface area contributed by atoms with Crippen LogP contribution in [0.3, 0.4) is 0 Å². The summed E-state index contributed by atoms with van der Waals surface area (Å²) in [6, 6.07) is 6.57. The molecular weight excluding hydrogens is 398 g/mol. The lowest BCUT2D eigenvalue weighted by molar-refractivity contribution is -0.170. The van der Waals surface area contributed by atoms with E-state index in [0.29, 0.717) is 5.76 Å². The summed E-state index contributed by atoms with van der Waals surface area (Å²) in [5.74, 6) is -2.99. The molecule has 0 spiro atoms. The highest BCUT2D eigenvalue weighted by Crippen LogP contribution is 2.30. The summed E-state index contributed by atoms with van der Waals surface area (Å²) in [5.41, 5.74) is -0.744. The minimum absolute atomic E-state index is 0.141. The molecule has 0 aliphatic carbocycles. The third kappa shape index (κ3) is 5.59. The Balaban J connectivity index is 0.000000200. The highest BCUT2D eigenvalue weighted by Gasteiger charge is 2.39. The Morgan fingerprint density at radius 2 is 1.64 bits per heavy atom. The van der Waals surface area contributed by atoms with Gasteiger partial charge in [0.2, 0.25) is 11.6 Å². The first-order chi connectivity index (χ1) is 13.0. The van der Waals surface area contributed by atoms with Crippen molar-refractivity contribution in [2.75, 3.05) is 0 Å². The number of aromatic nitrogens is 2. The van der Waals surface area contributed by atoms with Crippen molar-refractivity contribution in [3.05, 3.63) is 54.3 Å². The summed E-state index contributed by atoms with van der Waals surface area (Å²) in [7, 11) is 0. The number of rotatable bonds is 4. The fourth-order valence-electron chi connectivity index (χ4n) is 1.79. The van der Waals surface area contributed by atoms with E-state index in [4.69, 9.17) is 4.42 Å². The molecule has 0 aromatic carbocycles. The summed E-state index contributed by atoms with van der Waals surface area (Å²) >= 11 is 0. The van der Waals surface area contributed by atoms with Crippen LogP contribution >= 0.6 is 0 Å². The molecule has 0 fully saturated rings. The van der Waals surface area contributed by atoms with Gasteiger partial charge >= 0.3 is 12.4 Å². The van der Waals surface area contributed by atoms with Crippen molar-refractivity contribution in [2.45, 2.75) is 18.8 Å². The number of halogens is 6. The zero-order chi connectivity index (χ0) is 20.9. The molecule has 3 aromatic heterocycles. The van der Waals surface area contributed by atoms with E-state index in [9.17, 15) is 35.9 Å². The third-order valence-electron chi connectivity index (χ3n) is 3.09. The molecule has 3 heterocycles. The van der Waals surface area contributed by atoms with Crippen molar-refractivity contribution in [1.82, 2.24) is 10.2 Å². The molecule has 3 aromatic rings. The lowest BCUT2D eigenvalue weighted by atomic mass is 10.1. The Morgan fingerprint density at radius 1 is 1.00 bits per heavy atom. The molecule has 0 radical (unpaired) electrons. The largest absolute Gasteiger partial charge is 0.463 e. The Bertz CT molecular complexity index is 908. The summed E-state index contributed by atoms with van der Waals surface area (Å²) < 4.78 is 81.0. The summed E-state index contributed by atoms with van der Waals surface area (Å²) in [6.07, 6.45) is -8.07. The minimum Gasteiger partial charge on any atom is -0.463 e. The van der Waals surface area contributed by atoms with Gasteiger partial charge in [-0.25, -0.2) is 0 Å². The maximum absolute atomic E-state index is 12.1. The average Bonchev–Trinajstić information content (AvgIpc) is 3.33. The number of hydrogen-bond donors (Lipinski definition) is 1. The van der Waals surface area contributed by atoms with E-state index in [1.807, 2.05) is 5.10 Å². The fraction of sp³-hybridized carbons (Fsp3) is 0.188. The molecule has 0 saturated carbocycles. The average molecular weight is 408 g/mol. The molecule has 0 bridgehead atoms. The van der Waals surface area contributed by atoms with Crippen molar-refractivity contribution in [2.24, 2.45) is 0 Å². The smallest absolute Gasteiger partial charge is 0.450 e. The first kappa shape index (κ1) is 21.0. The second-order valence-corrected chi connectivity index (χ2v) is 5.14. The monoisotopic (exact) mass is 408 g/mol. The molecule has 28 heavy (non-hydrogen) atoms. The first-order valence-electron chi connectivity index (χ1n) is 7.31. The van der Waals surface area contributed by atoms with Crippen molar-refractivity contribution in [3.63, 3.8) is 0 Å². The standard InChI is InChI=1S/C8H5F3N2O.C8H5F3O3/c9-8(10,11)7-4-5(12-13-7)6-2-1-3-14-6;9-8(10,11)7(13)4-5(12)6-2-1-3-14-6/h1-4H,(H,12,13);1-3H,4H2. The summed E-state index contributed by atoms with van der Waals surface area (Å²) in [5, 5.41) is 5.39. The Labute approximate surface area is 152 Å². The number of furan rings is 2. The van der Waals surface area contributed by atoms with Crippen LogP contribution in [0.4, 0.5) is 26.3 Å². The maximum Gasteiger partial charge on any atom is 0.450 e. The first-order valence-corrected chi connectivity index (χ1v) is 7.31. The molecule has 0 aliphatic heterocycles. The van der Waals surface area contributed by atoms with Crippen molar-refractivity contribution < 1.29 is 44.8 Å². The van der Waals surface area contributed by atoms with Crippen LogP contribution in [-0.4, -0.2) is 27.9 Å². The van der Waals surface area contributed by atoms with Gasteiger partial charge < -0.3 is 8.83 Å². The number of nitrogens with zero attached hydrogens (tertiary/aromatic N) is 1. The predicted molar refractivity (Wildman–Crippen MR) is 80.0 cm³/mol. The molecule has 0 amide bonds. The molecule has 0 saturated heterocycles. The number of carbonyl (C=O) groups excluding carboxylic acids is 2. The maximum atomic E-state index is 12.1. The van der Waals surface area contributed by atoms with Crippen LogP contribution < -0.4 is 0 Å². The van der Waals surface area contributed by atoms with E-state index in [1.54, 1.807) is 6.07 Å². The molecule has 150 valence electrons. The molecule has 12 heteroatoms. The highest BCUT2D eigenvalue weighted by atomic mass is 19.4. The molecule has 0 unspecified atom stereocenters. The van der Waals surface area contributed by atoms with Crippen LogP contribution in [0.25, 0.3) is 11.5 Å². The number of alkyl halides is 6. The molecule has 0 aliphatic rings. The van der Waals surface area contributed by atoms with Gasteiger partial charge in [0.05, 0.1) is 18.9 Å². The number of H-pyrrole nitrogens is 1. The van der Waals surface area contributed by atoms with Gasteiger partial charge in [-0.05, 0) is 30.3 Å². The van der Waals surface area contributed by atoms with Gasteiger partial charge in [-0.15, -0.1) is 0 Å². The van der Waals surface area contributed by atoms with E-state index < -0.39 is 36.0 Å². The molecule has 0 atom stereocenters. The van der Waals surface area contributed by atoms with Gasteiger partial charge in [-0.1, -0.05) is 0 Å². The lowest BCUT2D eigenvalue weighted by Gasteiger charge is -2.02. The normalized spacial score (nSPS) is 11.6. The number of nitrogens with one attached hydrogen (secondary N) is 1. The predicted octanol–water partition coefficient (Wildman–Crippen LogP) is 4.67. The van der Waals surface area contributed by atoms with Crippen molar-refractivity contribution in [3.8, 4) is 11.5 Å². The summed E-state index contributed by atoms with van der Waals surface area (Å²) in [4.78, 5) is 21.3. The van der Waals surface area contributed by atoms with E-state index >= 15 is 0 Å². The van der Waals surface area contributed by atoms with Crippen molar-refractivity contribution >= 4 is 11.6 Å². The van der Waals surface area contributed by atoms with Gasteiger partial charge in [0.25, 0.3) is 0 Å². The minimum atomic E-state index is -4.97. The lowest BCUT2D eigenvalue weighted by Crippen LogP contribution is -2.25. The Morgan fingerprint density at radius 3 is 2.11 bits per heavy atom. The van der Waals surface area contributed by atoms with E-state index in [-0.39, 0.29) is 11.5 Å². The molecule has 6 nitrogen and oxygen atoms in total. The number of aromatic amines is 1. The van der Waals surface area contributed by atoms with E-state index in [2.05, 4.69) is 9.52 Å². The van der Waals surface area contributed by atoms with Gasteiger partial charge in [0.15, 0.2) is 11.5 Å². The zero-order valence-electron chi connectivity index (χ0n) is 13.6. The number of Topliss-reactive ketones (excluding diaryl/α,β-unsaturated/α-hetero) is 2. The second-order valence-electron chi connectivity index (χ2n) is 5.14. The van der Waals surface area contributed by atoms with E-state index in [1.165, 1.54) is 24.5 Å². The second kappa shape index (κ2) is 8.15. The van der Waals surface area contributed by atoms with Gasteiger partial charge in [-0.3, -0.25) is 14.7 Å². The van der Waals surface area contributed by atoms with Crippen LogP contribution in [0, 0.1) is 0 Å². The van der Waals surface area contributed by atoms with Gasteiger partial charge in [-0.2, -0.15) is 31.4 Å². The number of carbonyl (C=O) groups is 2. The van der Waals surface area contributed by atoms with Gasteiger partial charge in [0, 0.05) is 0 Å². The number of hydrogen-bond acceptors (Lipinski definition) is 5. The zero-order valence-corrected chi connectivity index (χ0v) is 13.6. The van der Waals surface area contributed by atoms with Crippen LogP contribution in [-0.2, 0) is 11.0 Å². The molecule has 1 N–H and O–H groups in total. The van der Waals surface area contributed by atoms with Gasteiger partial charge in [0.1, 0.15) is 11.4 Å². The Hall–Kier alpha value is -3.31. The third-order valence-corrected chi connectivity index (χ3v) is 3.09. The van der Waals surface area contributed by atoms with Crippen LogP contribution in [0.2, 0.25) is 0 Å². The van der Waals surface area contributed by atoms with Crippen molar-refractivity contribution in [1.29, 1.82) is 0 Å². The quantitative estimate of drug-likeness (QED) is 0.385. The van der Waals surface area contributed by atoms with E-state index in [0.717, 1.165) is 12.3 Å². The fourth-order valence-corrected chi connectivity index (χ4v) is 1.79. The molecular formula is C16H10F6N2O4. The topological polar surface area (TPSA) is 89.1 Å². The SMILES string of the molecule is FC(F)(F)c1cc(-c2ccco2)n[nH]1.O=C(CC(=O)C(F)(F)F)c1ccco1. The van der Waals surface area contributed by atoms with Crippen LogP contribution in [0.5, 0.6) is 0 Å². The molecule has 3 rings (SSSR count). The van der Waals surface area contributed by atoms with Crippen LogP contribution in [0.15, 0.2) is 51.7 Å². The highest BCUT2D eigenvalue weighted by molar-refractivity contribution is 6.08. The number of ketones is 2. The van der Waals surface area contributed by atoms with Crippen LogP contribution in [0.1, 0.15) is 22.7 Å². The Kier molecular flexibility index (Phi) is 6.11. The summed E-state index contributed by atoms with van der Waals surface area (Å²) in [6.45, 7) is 0.